The number of hydrogen-bond donors (Lipinski definition) is 1. The van der Waals surface area contributed by atoms with E-state index >= 15 is 0 Å². The standard InChI is InChI=1S/C33H29F2NO4/c1-2-38-32(37)8-5-19-39-30-7-4-3-6-28(30)31-21-24-20-27(17-18-29(24)40-31)36-33(22-9-13-25(34)14-10-22)23-11-15-26(35)16-12-23/h3-4,6-7,9-18,20-21,33,36H,2,5,8,19H2,1H3. The summed E-state index contributed by atoms with van der Waals surface area (Å²) in [6, 6.07) is 27.5. The van der Waals surface area contributed by atoms with Crippen molar-refractivity contribution in [2.45, 2.75) is 25.8 Å². The molecule has 40 heavy (non-hydrogen) atoms. The Morgan fingerprint density at radius 2 is 1.55 bits per heavy atom. The molecule has 1 N–H and O–H groups in total. The number of anilines is 1. The lowest BCUT2D eigenvalue weighted by atomic mass is 9.98. The number of benzene rings is 4. The summed E-state index contributed by atoms with van der Waals surface area (Å²) in [5.41, 5.74) is 4.02. The highest BCUT2D eigenvalue weighted by Gasteiger charge is 2.17. The third kappa shape index (κ3) is 6.49. The lowest BCUT2D eigenvalue weighted by Crippen LogP contribution is -2.12. The second-order valence-corrected chi connectivity index (χ2v) is 9.30. The molecule has 0 aliphatic rings. The van der Waals surface area contributed by atoms with Crippen molar-refractivity contribution in [1.82, 2.24) is 0 Å². The first-order valence-corrected chi connectivity index (χ1v) is 13.2. The first-order valence-electron chi connectivity index (χ1n) is 13.2. The molecule has 0 atom stereocenters. The van der Waals surface area contributed by atoms with E-state index in [1.165, 1.54) is 24.3 Å². The van der Waals surface area contributed by atoms with Gasteiger partial charge in [0.2, 0.25) is 0 Å². The third-order valence-corrected chi connectivity index (χ3v) is 6.47. The molecule has 0 aliphatic carbocycles. The molecule has 204 valence electrons. The van der Waals surface area contributed by atoms with Crippen molar-refractivity contribution in [2.75, 3.05) is 18.5 Å². The summed E-state index contributed by atoms with van der Waals surface area (Å²) in [6.45, 7) is 2.52. The largest absolute Gasteiger partial charge is 0.493 e. The van der Waals surface area contributed by atoms with Crippen LogP contribution in [0.1, 0.15) is 36.9 Å². The van der Waals surface area contributed by atoms with Gasteiger partial charge in [0.05, 0.1) is 24.8 Å². The van der Waals surface area contributed by atoms with E-state index in [1.54, 1.807) is 31.2 Å². The summed E-state index contributed by atoms with van der Waals surface area (Å²) in [4.78, 5) is 11.6. The van der Waals surface area contributed by atoms with Crippen LogP contribution in [0.5, 0.6) is 5.75 Å². The first kappa shape index (κ1) is 26.9. The Morgan fingerprint density at radius 3 is 2.23 bits per heavy atom. The molecular weight excluding hydrogens is 512 g/mol. The molecule has 5 nitrogen and oxygen atoms in total. The molecular formula is C33H29F2NO4. The van der Waals surface area contributed by atoms with Crippen molar-refractivity contribution in [3.63, 3.8) is 0 Å². The summed E-state index contributed by atoms with van der Waals surface area (Å²) in [5, 5.41) is 4.39. The lowest BCUT2D eigenvalue weighted by Gasteiger charge is -2.21. The van der Waals surface area contributed by atoms with Gasteiger partial charge in [-0.3, -0.25) is 4.79 Å². The van der Waals surface area contributed by atoms with E-state index in [-0.39, 0.29) is 23.6 Å². The predicted octanol–water partition coefficient (Wildman–Crippen LogP) is 8.30. The van der Waals surface area contributed by atoms with Crippen LogP contribution < -0.4 is 10.1 Å². The van der Waals surface area contributed by atoms with Gasteiger partial charge in [-0.05, 0) is 85.1 Å². The minimum atomic E-state index is -0.325. The molecule has 0 unspecified atom stereocenters. The number of fused-ring (bicyclic) bond motifs is 1. The van der Waals surface area contributed by atoms with E-state index < -0.39 is 0 Å². The van der Waals surface area contributed by atoms with Gasteiger partial charge in [-0.25, -0.2) is 8.78 Å². The zero-order chi connectivity index (χ0) is 27.9. The highest BCUT2D eigenvalue weighted by atomic mass is 19.1. The van der Waals surface area contributed by atoms with Gasteiger partial charge in [-0.1, -0.05) is 36.4 Å². The van der Waals surface area contributed by atoms with E-state index in [0.717, 1.165) is 27.8 Å². The summed E-state index contributed by atoms with van der Waals surface area (Å²) in [6.07, 6.45) is 0.846. The van der Waals surface area contributed by atoms with Crippen molar-refractivity contribution in [3.05, 3.63) is 120 Å². The molecule has 1 heterocycles. The van der Waals surface area contributed by atoms with Crippen LogP contribution in [-0.2, 0) is 9.53 Å². The van der Waals surface area contributed by atoms with Crippen molar-refractivity contribution in [2.24, 2.45) is 0 Å². The van der Waals surface area contributed by atoms with Gasteiger partial charge in [0, 0.05) is 17.5 Å². The number of esters is 1. The normalized spacial score (nSPS) is 11.1. The molecule has 0 amide bonds. The summed E-state index contributed by atoms with van der Waals surface area (Å²) in [5.74, 6) is 0.440. The third-order valence-electron chi connectivity index (χ3n) is 6.47. The Morgan fingerprint density at radius 1 is 0.875 bits per heavy atom. The number of para-hydroxylation sites is 1. The van der Waals surface area contributed by atoms with Gasteiger partial charge in [-0.15, -0.1) is 0 Å². The zero-order valence-corrected chi connectivity index (χ0v) is 22.0. The fourth-order valence-electron chi connectivity index (χ4n) is 4.53. The van der Waals surface area contributed by atoms with Crippen LogP contribution in [0.25, 0.3) is 22.3 Å². The Hall–Kier alpha value is -4.65. The maximum absolute atomic E-state index is 13.6. The van der Waals surface area contributed by atoms with Gasteiger partial charge in [0.15, 0.2) is 0 Å². The van der Waals surface area contributed by atoms with Gasteiger partial charge < -0.3 is 19.2 Å². The average molecular weight is 542 g/mol. The lowest BCUT2D eigenvalue weighted by molar-refractivity contribution is -0.143. The molecule has 0 spiro atoms. The van der Waals surface area contributed by atoms with Crippen molar-refractivity contribution in [3.8, 4) is 17.1 Å². The van der Waals surface area contributed by atoms with E-state index in [1.807, 2.05) is 48.5 Å². The molecule has 0 radical (unpaired) electrons. The zero-order valence-electron chi connectivity index (χ0n) is 22.0. The molecule has 5 aromatic rings. The number of rotatable bonds is 11. The monoisotopic (exact) mass is 541 g/mol. The predicted molar refractivity (Wildman–Crippen MR) is 151 cm³/mol. The van der Waals surface area contributed by atoms with Crippen LogP contribution in [0.15, 0.2) is 101 Å². The Labute approximate surface area is 231 Å². The molecule has 0 saturated carbocycles. The number of carbonyl (C=O) groups is 1. The van der Waals surface area contributed by atoms with E-state index in [9.17, 15) is 13.6 Å². The molecule has 0 fully saturated rings. The van der Waals surface area contributed by atoms with Crippen LogP contribution in [0, 0.1) is 11.6 Å². The van der Waals surface area contributed by atoms with Crippen LogP contribution in [-0.4, -0.2) is 19.2 Å². The summed E-state index contributed by atoms with van der Waals surface area (Å²) in [7, 11) is 0. The average Bonchev–Trinajstić information content (AvgIpc) is 3.39. The quantitative estimate of drug-likeness (QED) is 0.135. The fourth-order valence-corrected chi connectivity index (χ4v) is 4.53. The fraction of sp³-hybridized carbons (Fsp3) is 0.182. The van der Waals surface area contributed by atoms with E-state index in [0.29, 0.717) is 43.1 Å². The Balaban J connectivity index is 1.37. The molecule has 5 rings (SSSR count). The summed E-state index contributed by atoms with van der Waals surface area (Å²) < 4.78 is 44.3. The number of halogens is 2. The van der Waals surface area contributed by atoms with Gasteiger partial charge in [0.1, 0.15) is 28.7 Å². The first-order chi connectivity index (χ1) is 19.5. The molecule has 0 aliphatic heterocycles. The number of furan rings is 1. The van der Waals surface area contributed by atoms with Crippen LogP contribution in [0.3, 0.4) is 0 Å². The van der Waals surface area contributed by atoms with Crippen molar-refractivity contribution >= 4 is 22.6 Å². The maximum atomic E-state index is 13.6. The van der Waals surface area contributed by atoms with Crippen LogP contribution >= 0.6 is 0 Å². The van der Waals surface area contributed by atoms with Crippen molar-refractivity contribution in [1.29, 1.82) is 0 Å². The number of hydrogen-bond acceptors (Lipinski definition) is 5. The molecule has 7 heteroatoms. The summed E-state index contributed by atoms with van der Waals surface area (Å²) >= 11 is 0. The molecule has 0 bridgehead atoms. The van der Waals surface area contributed by atoms with Gasteiger partial charge >= 0.3 is 5.97 Å². The second kappa shape index (κ2) is 12.5. The smallest absolute Gasteiger partial charge is 0.305 e. The molecule has 1 aromatic heterocycles. The van der Waals surface area contributed by atoms with Crippen molar-refractivity contribution < 1.29 is 27.5 Å². The minimum Gasteiger partial charge on any atom is -0.493 e. The van der Waals surface area contributed by atoms with Crippen LogP contribution in [0.4, 0.5) is 14.5 Å². The topological polar surface area (TPSA) is 60.7 Å². The second-order valence-electron chi connectivity index (χ2n) is 9.30. The van der Waals surface area contributed by atoms with Gasteiger partial charge in [0.25, 0.3) is 0 Å². The number of carbonyl (C=O) groups excluding carboxylic acids is 1. The van der Waals surface area contributed by atoms with E-state index in [2.05, 4.69) is 5.32 Å². The Bertz CT molecular complexity index is 1530. The van der Waals surface area contributed by atoms with Gasteiger partial charge in [-0.2, -0.15) is 0 Å². The molecule has 4 aromatic carbocycles. The maximum Gasteiger partial charge on any atom is 0.305 e. The van der Waals surface area contributed by atoms with E-state index in [4.69, 9.17) is 13.9 Å². The SMILES string of the molecule is CCOC(=O)CCCOc1ccccc1-c1cc2cc(NC(c3ccc(F)cc3)c3ccc(F)cc3)ccc2o1. The number of nitrogens with one attached hydrogen (secondary N) is 1. The highest BCUT2D eigenvalue weighted by molar-refractivity contribution is 5.87. The van der Waals surface area contributed by atoms with Crippen LogP contribution in [0.2, 0.25) is 0 Å². The number of ether oxygens (including phenoxy) is 2. The minimum absolute atomic E-state index is 0.234. The highest BCUT2D eigenvalue weighted by Crippen LogP contribution is 2.36. The Kier molecular flexibility index (Phi) is 8.40. The molecule has 0 saturated heterocycles.